The molecule has 1 fully saturated rings. The maximum absolute atomic E-state index is 13.7. The molecule has 2 aromatic carbocycles. The van der Waals surface area contributed by atoms with Crippen molar-refractivity contribution in [1.29, 1.82) is 0 Å². The zero-order chi connectivity index (χ0) is 36.3. The fourth-order valence-electron chi connectivity index (χ4n) is 4.79. The molecule has 10 nitrogen and oxygen atoms in total. The Labute approximate surface area is 285 Å². The molecule has 2 aromatic heterocycles. The molecule has 0 saturated carbocycles. The van der Waals surface area contributed by atoms with Crippen LogP contribution in [0.15, 0.2) is 75.8 Å². The summed E-state index contributed by atoms with van der Waals surface area (Å²) in [5.74, 6) is -1.19. The van der Waals surface area contributed by atoms with Crippen LogP contribution in [0.2, 0.25) is 0 Å². The molecule has 264 valence electrons. The highest BCUT2D eigenvalue weighted by atomic mass is 19.1. The van der Waals surface area contributed by atoms with E-state index in [1.165, 1.54) is 29.8 Å². The van der Waals surface area contributed by atoms with Crippen LogP contribution in [0.4, 0.5) is 24.0 Å². The molecule has 0 bridgehead atoms. The predicted molar refractivity (Wildman–Crippen MR) is 184 cm³/mol. The third-order valence-electron chi connectivity index (χ3n) is 7.32. The Kier molecular flexibility index (Phi) is 13.7. The average Bonchev–Trinajstić information content (AvgIpc) is 3.56. The average molecular weight is 683 g/mol. The number of ether oxygens (including phenoxy) is 1. The van der Waals surface area contributed by atoms with Gasteiger partial charge in [-0.1, -0.05) is 43.3 Å². The number of piperidine rings is 1. The van der Waals surface area contributed by atoms with Gasteiger partial charge in [0.1, 0.15) is 17.2 Å². The minimum Gasteiger partial charge on any atom is -0.444 e. The minimum atomic E-state index is -0.728. The van der Waals surface area contributed by atoms with Crippen LogP contribution < -0.4 is 10.5 Å². The third kappa shape index (κ3) is 11.3. The number of aromatic nitrogens is 4. The number of rotatable bonds is 6. The van der Waals surface area contributed by atoms with Gasteiger partial charge in [-0.25, -0.2) is 22.6 Å². The van der Waals surface area contributed by atoms with Crippen molar-refractivity contribution in [2.75, 3.05) is 25.0 Å². The molecule has 1 aliphatic heterocycles. The Balaban J connectivity index is 0.000000852. The summed E-state index contributed by atoms with van der Waals surface area (Å²) in [6, 6.07) is 13.6. The number of hydrogen-bond acceptors (Lipinski definition) is 8. The quantitative estimate of drug-likeness (QED) is 0.201. The van der Waals surface area contributed by atoms with Gasteiger partial charge in [0, 0.05) is 49.4 Å². The Morgan fingerprint density at radius 2 is 1.67 bits per heavy atom. The zero-order valence-corrected chi connectivity index (χ0v) is 29.3. The second kappa shape index (κ2) is 17.5. The van der Waals surface area contributed by atoms with E-state index >= 15 is 0 Å². The van der Waals surface area contributed by atoms with E-state index in [9.17, 15) is 22.8 Å². The van der Waals surface area contributed by atoms with E-state index in [1.807, 2.05) is 70.8 Å². The number of likely N-dealkylation sites (tertiary alicyclic amines) is 1. The Morgan fingerprint density at radius 1 is 1.04 bits per heavy atom. The number of halogens is 3. The van der Waals surface area contributed by atoms with Crippen molar-refractivity contribution in [2.45, 2.75) is 79.5 Å². The number of allylic oxidation sites excluding steroid dienone is 2. The van der Waals surface area contributed by atoms with Crippen molar-refractivity contribution < 1.29 is 27.2 Å². The first kappa shape index (κ1) is 38.5. The first-order valence-corrected chi connectivity index (χ1v) is 16.2. The summed E-state index contributed by atoms with van der Waals surface area (Å²) in [6.45, 7) is 13.9. The highest BCUT2D eigenvalue weighted by Crippen LogP contribution is 2.26. The molecule has 49 heavy (non-hydrogen) atoms. The molecule has 5 rings (SSSR count). The summed E-state index contributed by atoms with van der Waals surface area (Å²) in [6.07, 6.45) is 2.56. The van der Waals surface area contributed by atoms with Crippen LogP contribution in [-0.4, -0.2) is 62.7 Å². The van der Waals surface area contributed by atoms with Crippen molar-refractivity contribution in [1.82, 2.24) is 24.8 Å². The van der Waals surface area contributed by atoms with Crippen molar-refractivity contribution in [3.05, 3.63) is 94.1 Å². The lowest BCUT2D eigenvalue weighted by Gasteiger charge is -2.36. The molecule has 3 heterocycles. The van der Waals surface area contributed by atoms with E-state index in [-0.39, 0.29) is 41.3 Å². The van der Waals surface area contributed by atoms with Crippen LogP contribution in [0.25, 0.3) is 22.6 Å². The molecule has 0 unspecified atom stereocenters. The Bertz CT molecular complexity index is 1750. The second-order valence-electron chi connectivity index (χ2n) is 12.2. The maximum atomic E-state index is 13.7. The van der Waals surface area contributed by atoms with Crippen molar-refractivity contribution in [3.8, 4) is 22.6 Å². The van der Waals surface area contributed by atoms with Gasteiger partial charge in [0.2, 0.25) is 5.82 Å². The molecule has 1 amide bonds. The molecule has 0 atom stereocenters. The standard InChI is InChI=1S/C30H32F2N6O4.C4H7F.C2H6/c1-30(2,3)41-29(40)37-12-10-24(11-13-37)36(4)28-33-27(35-42-28)20-7-5-6-19(14-20)18-38-26(39)9-8-25(34-38)21-15-22(31)17-23(32)16-21;1-3-4(2)5;1-2/h5-9,14-17,24H,10-13,18H2,1-4H3;3H,1-2H3;1-2H3/b;4-3+;. The van der Waals surface area contributed by atoms with Gasteiger partial charge in [-0.2, -0.15) is 10.1 Å². The van der Waals surface area contributed by atoms with E-state index in [0.29, 0.717) is 30.5 Å². The van der Waals surface area contributed by atoms with Crippen LogP contribution in [0.1, 0.15) is 66.9 Å². The topological polar surface area (TPSA) is 107 Å². The van der Waals surface area contributed by atoms with Gasteiger partial charge >= 0.3 is 12.1 Å². The summed E-state index contributed by atoms with van der Waals surface area (Å²) in [7, 11) is 1.89. The Hall–Kier alpha value is -4.94. The lowest BCUT2D eigenvalue weighted by Crippen LogP contribution is -2.47. The van der Waals surface area contributed by atoms with Crippen LogP contribution in [0.3, 0.4) is 0 Å². The first-order chi connectivity index (χ1) is 23.2. The molecule has 4 aromatic rings. The molecular formula is C36H45F3N6O4. The lowest BCUT2D eigenvalue weighted by molar-refractivity contribution is 0.0204. The van der Waals surface area contributed by atoms with Crippen LogP contribution >= 0.6 is 0 Å². The number of benzene rings is 2. The van der Waals surface area contributed by atoms with Gasteiger partial charge in [0.15, 0.2) is 0 Å². The van der Waals surface area contributed by atoms with Crippen LogP contribution in [-0.2, 0) is 11.3 Å². The van der Waals surface area contributed by atoms with E-state index in [4.69, 9.17) is 9.26 Å². The monoisotopic (exact) mass is 682 g/mol. The number of carbonyl (C=O) groups is 1. The van der Waals surface area contributed by atoms with Gasteiger partial charge in [0.05, 0.1) is 18.1 Å². The summed E-state index contributed by atoms with van der Waals surface area (Å²) >= 11 is 0. The smallest absolute Gasteiger partial charge is 0.410 e. The van der Waals surface area contributed by atoms with E-state index in [1.54, 1.807) is 11.8 Å². The third-order valence-corrected chi connectivity index (χ3v) is 7.32. The van der Waals surface area contributed by atoms with Crippen LogP contribution in [0, 0.1) is 11.6 Å². The SMILES string of the molecule is C/C=C(\C)F.CC.CN(c1nc(-c2cccc(Cn3nc(-c4cc(F)cc(F)c4)ccc3=O)c2)no1)C1CCN(C(=O)OC(C)(C)C)CC1. The fourth-order valence-corrected chi connectivity index (χ4v) is 4.79. The molecule has 0 spiro atoms. The van der Waals surface area contributed by atoms with E-state index in [0.717, 1.165) is 36.6 Å². The first-order valence-electron chi connectivity index (χ1n) is 16.2. The molecule has 0 N–H and O–H groups in total. The lowest BCUT2D eigenvalue weighted by atomic mass is 10.0. The van der Waals surface area contributed by atoms with Crippen molar-refractivity contribution in [2.24, 2.45) is 0 Å². The number of nitrogens with zero attached hydrogens (tertiary/aromatic N) is 6. The van der Waals surface area contributed by atoms with E-state index in [2.05, 4.69) is 15.2 Å². The fraction of sp³-hybridized carbons (Fsp3) is 0.417. The maximum Gasteiger partial charge on any atom is 0.410 e. The summed E-state index contributed by atoms with van der Waals surface area (Å²) < 4.78 is 51.0. The molecule has 1 saturated heterocycles. The van der Waals surface area contributed by atoms with Gasteiger partial charge in [-0.05, 0) is 77.3 Å². The van der Waals surface area contributed by atoms with Gasteiger partial charge in [-0.15, -0.1) is 0 Å². The number of carbonyl (C=O) groups excluding carboxylic acids is 1. The van der Waals surface area contributed by atoms with Gasteiger partial charge in [-0.3, -0.25) is 4.79 Å². The molecule has 1 aliphatic rings. The van der Waals surface area contributed by atoms with Gasteiger partial charge < -0.3 is 19.1 Å². The molecule has 13 heteroatoms. The molecule has 0 aliphatic carbocycles. The normalized spacial score (nSPS) is 13.5. The number of hydrogen-bond donors (Lipinski definition) is 0. The van der Waals surface area contributed by atoms with E-state index < -0.39 is 17.2 Å². The molecular weight excluding hydrogens is 637 g/mol. The van der Waals surface area contributed by atoms with Gasteiger partial charge in [0.25, 0.3) is 5.56 Å². The summed E-state index contributed by atoms with van der Waals surface area (Å²) in [5.41, 5.74) is 1.04. The predicted octanol–water partition coefficient (Wildman–Crippen LogP) is 8.03. The highest BCUT2D eigenvalue weighted by Gasteiger charge is 2.30. The number of amides is 1. The largest absolute Gasteiger partial charge is 0.444 e. The van der Waals surface area contributed by atoms with Crippen molar-refractivity contribution in [3.63, 3.8) is 0 Å². The summed E-state index contributed by atoms with van der Waals surface area (Å²) in [4.78, 5) is 33.1. The number of anilines is 1. The Morgan fingerprint density at radius 3 is 2.27 bits per heavy atom. The molecule has 0 radical (unpaired) electrons. The second-order valence-corrected chi connectivity index (χ2v) is 12.2. The zero-order valence-electron chi connectivity index (χ0n) is 29.3. The summed E-state index contributed by atoms with van der Waals surface area (Å²) in [5, 5.41) is 8.47. The highest BCUT2D eigenvalue weighted by molar-refractivity contribution is 5.68. The van der Waals surface area contributed by atoms with Crippen LogP contribution in [0.5, 0.6) is 0 Å². The van der Waals surface area contributed by atoms with Crippen molar-refractivity contribution >= 4 is 12.1 Å². The minimum absolute atomic E-state index is 0.111.